The largest absolute Gasteiger partial charge is 0.361 e. The van der Waals surface area contributed by atoms with Crippen LogP contribution in [0.5, 0.6) is 0 Å². The minimum absolute atomic E-state index is 0.111. The Labute approximate surface area is 211 Å². The molecule has 1 unspecified atom stereocenters. The molecule has 9 heteroatoms. The zero-order chi connectivity index (χ0) is 25.7. The van der Waals surface area contributed by atoms with Gasteiger partial charge in [-0.15, -0.1) is 0 Å². The lowest BCUT2D eigenvalue weighted by atomic mass is 9.80. The highest BCUT2D eigenvalue weighted by Crippen LogP contribution is 2.36. The zero-order valence-corrected chi connectivity index (χ0v) is 19.9. The molecule has 1 saturated carbocycles. The fraction of sp³-hybridized carbons (Fsp3) is 0.250. The Balaban J connectivity index is 1.20. The van der Waals surface area contributed by atoms with Gasteiger partial charge in [0.1, 0.15) is 6.04 Å². The van der Waals surface area contributed by atoms with Crippen molar-refractivity contribution >= 4 is 45.9 Å². The summed E-state index contributed by atoms with van der Waals surface area (Å²) in [7, 11) is 0. The number of aromatic amines is 1. The topological polar surface area (TPSA) is 128 Å². The Morgan fingerprint density at radius 1 is 0.946 bits per heavy atom. The van der Waals surface area contributed by atoms with Crippen molar-refractivity contribution in [3.05, 3.63) is 77.1 Å². The van der Waals surface area contributed by atoms with Crippen LogP contribution in [0.25, 0.3) is 10.9 Å². The summed E-state index contributed by atoms with van der Waals surface area (Å²) in [5.41, 5.74) is 3.78. The van der Waals surface area contributed by atoms with Crippen LogP contribution in [0.4, 0.5) is 5.69 Å². The van der Waals surface area contributed by atoms with Gasteiger partial charge in [-0.1, -0.05) is 24.3 Å². The number of carbonyl (C=O) groups is 5. The number of anilines is 1. The van der Waals surface area contributed by atoms with Crippen LogP contribution >= 0.6 is 0 Å². The van der Waals surface area contributed by atoms with E-state index in [-0.39, 0.29) is 67.1 Å². The van der Waals surface area contributed by atoms with E-state index in [0.29, 0.717) is 16.8 Å². The van der Waals surface area contributed by atoms with E-state index >= 15 is 0 Å². The van der Waals surface area contributed by atoms with E-state index in [1.807, 2.05) is 30.5 Å². The Bertz CT molecular complexity index is 1510. The first kappa shape index (κ1) is 22.9. The van der Waals surface area contributed by atoms with Gasteiger partial charge in [0, 0.05) is 71.8 Å². The molecule has 1 saturated heterocycles. The number of carbonyl (C=O) groups excluding carboxylic acids is 5. The quantitative estimate of drug-likeness (QED) is 0.289. The second-order valence-corrected chi connectivity index (χ2v) is 9.68. The number of Topliss-reactive ketones (excluding diaryl/α,β-unsaturated/α-hetero) is 2. The van der Waals surface area contributed by atoms with E-state index in [0.717, 1.165) is 16.5 Å². The van der Waals surface area contributed by atoms with Crippen molar-refractivity contribution in [3.63, 3.8) is 0 Å². The first-order chi connectivity index (χ1) is 17.9. The van der Waals surface area contributed by atoms with Gasteiger partial charge in [0.05, 0.1) is 5.57 Å². The molecular formula is C28H24N4O5. The summed E-state index contributed by atoms with van der Waals surface area (Å²) in [4.78, 5) is 67.6. The third-order valence-corrected chi connectivity index (χ3v) is 7.48. The van der Waals surface area contributed by atoms with Crippen molar-refractivity contribution in [1.29, 1.82) is 0 Å². The Morgan fingerprint density at radius 3 is 2.51 bits per heavy atom. The number of fused-ring (bicyclic) bond motifs is 2. The highest BCUT2D eigenvalue weighted by atomic mass is 16.2. The summed E-state index contributed by atoms with van der Waals surface area (Å²) < 4.78 is 0. The van der Waals surface area contributed by atoms with Crippen molar-refractivity contribution in [2.24, 2.45) is 0 Å². The van der Waals surface area contributed by atoms with Crippen LogP contribution in [0.15, 0.2) is 60.4 Å². The van der Waals surface area contributed by atoms with Crippen molar-refractivity contribution in [1.82, 2.24) is 15.2 Å². The summed E-state index contributed by atoms with van der Waals surface area (Å²) in [6.07, 6.45) is 4.23. The van der Waals surface area contributed by atoms with Crippen molar-refractivity contribution in [2.45, 2.75) is 44.2 Å². The number of imide groups is 1. The lowest BCUT2D eigenvalue weighted by Crippen LogP contribution is -2.52. The third-order valence-electron chi connectivity index (χ3n) is 7.48. The zero-order valence-electron chi connectivity index (χ0n) is 19.9. The number of piperidine rings is 1. The minimum atomic E-state index is -0.716. The number of hydrogen-bond donors (Lipinski definition) is 3. The van der Waals surface area contributed by atoms with Crippen LogP contribution in [0.3, 0.4) is 0 Å². The number of allylic oxidation sites excluding steroid dienone is 1. The molecule has 2 aromatic carbocycles. The van der Waals surface area contributed by atoms with Gasteiger partial charge < -0.3 is 15.2 Å². The average Bonchev–Trinajstić information content (AvgIpc) is 3.45. The molecule has 37 heavy (non-hydrogen) atoms. The number of ketones is 2. The number of rotatable bonds is 4. The molecule has 1 atom stereocenters. The molecule has 3 amide bonds. The van der Waals surface area contributed by atoms with Gasteiger partial charge in [-0.2, -0.15) is 0 Å². The monoisotopic (exact) mass is 496 g/mol. The van der Waals surface area contributed by atoms with Gasteiger partial charge in [0.25, 0.3) is 5.91 Å². The lowest BCUT2D eigenvalue weighted by molar-refractivity contribution is -0.137. The predicted octanol–water partition coefficient (Wildman–Crippen LogP) is 2.94. The molecule has 0 bridgehead atoms. The molecule has 9 nitrogen and oxygen atoms in total. The number of hydrogen-bond acceptors (Lipinski definition) is 6. The van der Waals surface area contributed by atoms with Crippen LogP contribution in [-0.2, 0) is 25.7 Å². The lowest BCUT2D eigenvalue weighted by Gasteiger charge is -2.29. The number of nitrogens with zero attached hydrogens (tertiary/aromatic N) is 1. The molecule has 0 radical (unpaired) electrons. The van der Waals surface area contributed by atoms with Crippen LogP contribution in [-0.4, -0.2) is 45.2 Å². The van der Waals surface area contributed by atoms with Gasteiger partial charge in [0.15, 0.2) is 11.6 Å². The number of amides is 3. The standard InChI is InChI=1S/C28H24N4O5/c33-24-10-15(18-12-29-21-6-2-1-4-16(18)21)11-25(34)19(24)13-30-22-7-3-5-17-20(22)14-32(28(17)37)23-8-9-26(35)31-27(23)36/h1-7,12-13,15,23,29-30H,8-11,14H2,(H,31,35,36). The molecule has 1 aromatic heterocycles. The normalized spacial score (nSPS) is 21.9. The maximum atomic E-state index is 13.0. The third kappa shape index (κ3) is 3.92. The predicted molar refractivity (Wildman–Crippen MR) is 134 cm³/mol. The number of aromatic nitrogens is 1. The molecule has 6 rings (SSSR count). The second kappa shape index (κ2) is 8.85. The SMILES string of the molecule is O=C1CCC(N2Cc3c(NC=C4C(=O)CC(c5c[nH]c6ccccc56)CC4=O)cccc3C2=O)C(=O)N1. The van der Waals surface area contributed by atoms with Gasteiger partial charge in [0.2, 0.25) is 11.8 Å². The molecule has 3 aromatic rings. The number of benzene rings is 2. The maximum absolute atomic E-state index is 13.0. The fourth-order valence-electron chi connectivity index (χ4n) is 5.58. The summed E-state index contributed by atoms with van der Waals surface area (Å²) in [5, 5.41) is 6.39. The van der Waals surface area contributed by atoms with Gasteiger partial charge in [-0.05, 0) is 30.2 Å². The van der Waals surface area contributed by atoms with Crippen LogP contribution < -0.4 is 10.6 Å². The smallest absolute Gasteiger partial charge is 0.255 e. The number of H-pyrrole nitrogens is 1. The number of nitrogens with one attached hydrogen (secondary N) is 3. The van der Waals surface area contributed by atoms with E-state index in [1.165, 1.54) is 11.1 Å². The molecule has 186 valence electrons. The highest BCUT2D eigenvalue weighted by Gasteiger charge is 2.40. The van der Waals surface area contributed by atoms with E-state index in [4.69, 9.17) is 0 Å². The van der Waals surface area contributed by atoms with E-state index in [2.05, 4.69) is 15.6 Å². The average molecular weight is 497 g/mol. The van der Waals surface area contributed by atoms with E-state index in [1.54, 1.807) is 18.2 Å². The van der Waals surface area contributed by atoms with Crippen molar-refractivity contribution in [2.75, 3.05) is 5.32 Å². The molecule has 3 heterocycles. The maximum Gasteiger partial charge on any atom is 0.255 e. The Hall–Kier alpha value is -4.53. The molecular weight excluding hydrogens is 472 g/mol. The van der Waals surface area contributed by atoms with Crippen LogP contribution in [0.1, 0.15) is 53.1 Å². The van der Waals surface area contributed by atoms with E-state index < -0.39 is 11.9 Å². The molecule has 2 aliphatic heterocycles. The Morgan fingerprint density at radius 2 is 1.73 bits per heavy atom. The molecule has 1 aliphatic carbocycles. The van der Waals surface area contributed by atoms with Crippen molar-refractivity contribution in [3.8, 4) is 0 Å². The molecule has 3 N–H and O–H groups in total. The highest BCUT2D eigenvalue weighted by molar-refractivity contribution is 6.22. The van der Waals surface area contributed by atoms with Crippen LogP contribution in [0, 0.1) is 0 Å². The minimum Gasteiger partial charge on any atom is -0.361 e. The van der Waals surface area contributed by atoms with Gasteiger partial charge >= 0.3 is 0 Å². The molecule has 0 spiro atoms. The number of para-hydroxylation sites is 1. The summed E-state index contributed by atoms with van der Waals surface area (Å²) in [6.45, 7) is 0.192. The summed E-state index contributed by atoms with van der Waals surface area (Å²) in [5.74, 6) is -1.74. The van der Waals surface area contributed by atoms with E-state index in [9.17, 15) is 24.0 Å². The first-order valence-corrected chi connectivity index (χ1v) is 12.3. The fourth-order valence-corrected chi connectivity index (χ4v) is 5.58. The Kier molecular flexibility index (Phi) is 5.48. The summed E-state index contributed by atoms with van der Waals surface area (Å²) in [6, 6.07) is 12.3. The van der Waals surface area contributed by atoms with Gasteiger partial charge in [-0.3, -0.25) is 29.3 Å². The first-order valence-electron chi connectivity index (χ1n) is 12.3. The van der Waals surface area contributed by atoms with Gasteiger partial charge in [-0.25, -0.2) is 0 Å². The summed E-state index contributed by atoms with van der Waals surface area (Å²) >= 11 is 0. The van der Waals surface area contributed by atoms with Crippen LogP contribution in [0.2, 0.25) is 0 Å². The molecule has 2 fully saturated rings. The second-order valence-electron chi connectivity index (χ2n) is 9.68. The molecule has 3 aliphatic rings. The van der Waals surface area contributed by atoms with Crippen molar-refractivity contribution < 1.29 is 24.0 Å².